The van der Waals surface area contributed by atoms with Crippen LogP contribution in [0.1, 0.15) is 12.5 Å². The van der Waals surface area contributed by atoms with Gasteiger partial charge in [0, 0.05) is 16.2 Å². The first kappa shape index (κ1) is 18.8. The highest BCUT2D eigenvalue weighted by atomic mass is 79.9. The van der Waals surface area contributed by atoms with E-state index >= 15 is 0 Å². The van der Waals surface area contributed by atoms with E-state index in [9.17, 15) is 13.2 Å². The molecule has 0 bridgehead atoms. The summed E-state index contributed by atoms with van der Waals surface area (Å²) in [6.45, 7) is 1.91. The molecule has 0 fully saturated rings. The van der Waals surface area contributed by atoms with Gasteiger partial charge in [-0.1, -0.05) is 50.1 Å². The zero-order chi connectivity index (χ0) is 17.7. The van der Waals surface area contributed by atoms with Gasteiger partial charge in [0.25, 0.3) is 0 Å². The highest BCUT2D eigenvalue weighted by molar-refractivity contribution is 9.11. The molecule has 2 rings (SSSR count). The topological polar surface area (TPSA) is 87.3 Å². The van der Waals surface area contributed by atoms with Crippen LogP contribution in [0.4, 0.5) is 16.2 Å². The monoisotopic (exact) mass is 475 g/mol. The number of nitrogens with one attached hydrogen (secondary N) is 3. The summed E-state index contributed by atoms with van der Waals surface area (Å²) in [6.07, 6.45) is 8.59. The van der Waals surface area contributed by atoms with Crippen LogP contribution >= 0.6 is 31.9 Å². The van der Waals surface area contributed by atoms with Gasteiger partial charge in [0.1, 0.15) is 0 Å². The number of amides is 2. The van der Waals surface area contributed by atoms with Crippen LogP contribution in [0.3, 0.4) is 0 Å². The molecular formula is C15H15Br2N3O3S. The van der Waals surface area contributed by atoms with Crippen LogP contribution in [0.15, 0.2) is 51.6 Å². The van der Waals surface area contributed by atoms with Gasteiger partial charge in [0.15, 0.2) is 0 Å². The van der Waals surface area contributed by atoms with E-state index in [-0.39, 0.29) is 5.75 Å². The standard InChI is InChI=1S/C15H15Br2N3O3S/c1-10(16)5-3-2-4-8-18-15(21)19-13-7-6-12(17)11-9-24(22,23)20-14(11)13/h2-8,20H,9H2,1H3,(H2,18,19,21)/b3-2-,8-4+,10-5+. The second-order valence-corrected chi connectivity index (χ2v) is 8.73. The van der Waals surface area contributed by atoms with Crippen LogP contribution in [-0.2, 0) is 15.8 Å². The molecule has 1 heterocycles. The smallest absolute Gasteiger partial charge is 0.314 e. The number of hydrogen-bond acceptors (Lipinski definition) is 3. The van der Waals surface area contributed by atoms with E-state index in [1.54, 1.807) is 24.3 Å². The lowest BCUT2D eigenvalue weighted by atomic mass is 10.2. The third-order valence-corrected chi connectivity index (χ3v) is 5.15. The van der Waals surface area contributed by atoms with Crippen molar-refractivity contribution in [2.75, 3.05) is 10.0 Å². The van der Waals surface area contributed by atoms with Crippen molar-refractivity contribution in [1.29, 1.82) is 0 Å². The van der Waals surface area contributed by atoms with E-state index in [1.165, 1.54) is 6.20 Å². The minimum Gasteiger partial charge on any atom is -0.314 e. The van der Waals surface area contributed by atoms with Crippen molar-refractivity contribution in [3.63, 3.8) is 0 Å². The summed E-state index contributed by atoms with van der Waals surface area (Å²) in [5.41, 5.74) is 1.39. The zero-order valence-corrected chi connectivity index (χ0v) is 16.6. The Hall–Kier alpha value is -1.58. The van der Waals surface area contributed by atoms with Gasteiger partial charge in [-0.15, -0.1) is 0 Å². The van der Waals surface area contributed by atoms with Crippen LogP contribution in [-0.4, -0.2) is 14.4 Å². The summed E-state index contributed by atoms with van der Waals surface area (Å²) in [4.78, 5) is 11.9. The van der Waals surface area contributed by atoms with Gasteiger partial charge in [0.2, 0.25) is 10.0 Å². The minimum atomic E-state index is -3.40. The Bertz CT molecular complexity index is 842. The van der Waals surface area contributed by atoms with E-state index in [4.69, 9.17) is 0 Å². The molecule has 9 heteroatoms. The van der Waals surface area contributed by atoms with Crippen molar-refractivity contribution >= 4 is 59.3 Å². The van der Waals surface area contributed by atoms with Gasteiger partial charge in [-0.25, -0.2) is 13.2 Å². The molecule has 3 N–H and O–H groups in total. The minimum absolute atomic E-state index is 0.120. The number of carbonyl (C=O) groups is 1. The lowest BCUT2D eigenvalue weighted by Gasteiger charge is -2.10. The molecule has 1 aliphatic rings. The van der Waals surface area contributed by atoms with Gasteiger partial charge in [0.05, 0.1) is 17.1 Å². The molecule has 0 radical (unpaired) electrons. The number of rotatable bonds is 4. The van der Waals surface area contributed by atoms with Gasteiger partial charge >= 0.3 is 6.03 Å². The molecular weight excluding hydrogens is 462 g/mol. The predicted octanol–water partition coefficient (Wildman–Crippen LogP) is 4.19. The van der Waals surface area contributed by atoms with Crippen LogP contribution in [0, 0.1) is 0 Å². The molecule has 0 aromatic heterocycles. The highest BCUT2D eigenvalue weighted by Gasteiger charge is 2.28. The Labute approximate surface area is 157 Å². The fraction of sp³-hybridized carbons (Fsp3) is 0.133. The van der Waals surface area contributed by atoms with Crippen LogP contribution < -0.4 is 15.4 Å². The molecule has 128 valence electrons. The molecule has 0 unspecified atom stereocenters. The van der Waals surface area contributed by atoms with Gasteiger partial charge in [-0.3, -0.25) is 4.72 Å². The van der Waals surface area contributed by atoms with Crippen molar-refractivity contribution < 1.29 is 13.2 Å². The molecule has 1 aliphatic heterocycles. The average Bonchev–Trinajstić information content (AvgIpc) is 2.82. The van der Waals surface area contributed by atoms with E-state index in [0.717, 1.165) is 4.48 Å². The predicted molar refractivity (Wildman–Crippen MR) is 104 cm³/mol. The Balaban J connectivity index is 2.01. The number of sulfonamides is 1. The fourth-order valence-electron chi connectivity index (χ4n) is 1.96. The molecule has 24 heavy (non-hydrogen) atoms. The first-order valence-corrected chi connectivity index (χ1v) is 10.1. The number of benzene rings is 1. The molecule has 0 saturated carbocycles. The molecule has 1 aromatic rings. The third kappa shape index (κ3) is 5.22. The van der Waals surface area contributed by atoms with Gasteiger partial charge in [-0.2, -0.15) is 0 Å². The van der Waals surface area contributed by atoms with Gasteiger partial charge < -0.3 is 10.6 Å². The van der Waals surface area contributed by atoms with Crippen molar-refractivity contribution in [1.82, 2.24) is 5.32 Å². The van der Waals surface area contributed by atoms with Crippen LogP contribution in [0.25, 0.3) is 0 Å². The Morgan fingerprint density at radius 3 is 2.75 bits per heavy atom. The molecule has 6 nitrogen and oxygen atoms in total. The summed E-state index contributed by atoms with van der Waals surface area (Å²) < 4.78 is 27.5. The third-order valence-electron chi connectivity index (χ3n) is 2.95. The summed E-state index contributed by atoms with van der Waals surface area (Å²) in [5.74, 6) is -0.120. The normalized spacial score (nSPS) is 16.2. The number of fused-ring (bicyclic) bond motifs is 1. The molecule has 0 atom stereocenters. The summed E-state index contributed by atoms with van der Waals surface area (Å²) >= 11 is 6.61. The second kappa shape index (κ2) is 8.00. The second-order valence-electron chi connectivity index (χ2n) is 4.91. The van der Waals surface area contributed by atoms with Crippen molar-refractivity contribution in [3.05, 3.63) is 57.2 Å². The van der Waals surface area contributed by atoms with Gasteiger partial charge in [-0.05, 0) is 29.6 Å². The number of anilines is 2. The maximum Gasteiger partial charge on any atom is 0.323 e. The lowest BCUT2D eigenvalue weighted by molar-refractivity contribution is 0.255. The van der Waals surface area contributed by atoms with Crippen molar-refractivity contribution in [3.8, 4) is 0 Å². The fourth-order valence-corrected chi connectivity index (χ4v) is 4.06. The van der Waals surface area contributed by atoms with E-state index in [0.29, 0.717) is 21.4 Å². The molecule has 0 aliphatic carbocycles. The highest BCUT2D eigenvalue weighted by Crippen LogP contribution is 2.38. The lowest BCUT2D eigenvalue weighted by Crippen LogP contribution is -2.24. The largest absolute Gasteiger partial charge is 0.323 e. The van der Waals surface area contributed by atoms with Crippen LogP contribution in [0.2, 0.25) is 0 Å². The number of hydrogen-bond donors (Lipinski definition) is 3. The number of halogens is 2. The first-order chi connectivity index (χ1) is 11.3. The number of carbonyl (C=O) groups excluding carboxylic acids is 1. The number of urea groups is 1. The van der Waals surface area contributed by atoms with E-state index in [2.05, 4.69) is 47.2 Å². The molecule has 0 saturated heterocycles. The maximum atomic E-state index is 11.9. The first-order valence-electron chi connectivity index (χ1n) is 6.83. The summed E-state index contributed by atoms with van der Waals surface area (Å²) in [5, 5.41) is 5.17. The Kier molecular flexibility index (Phi) is 6.25. The quantitative estimate of drug-likeness (QED) is 0.569. The molecule has 2 amide bonds. The maximum absolute atomic E-state index is 11.9. The SMILES string of the molecule is C\C(Br)=C/C=C\C=C\NC(=O)Nc1ccc(Br)c2c1NS(=O)(=O)C2. The Morgan fingerprint density at radius 2 is 2.04 bits per heavy atom. The summed E-state index contributed by atoms with van der Waals surface area (Å²) in [7, 11) is -3.40. The zero-order valence-electron chi connectivity index (χ0n) is 12.6. The molecule has 0 spiro atoms. The molecule has 1 aromatic carbocycles. The van der Waals surface area contributed by atoms with E-state index in [1.807, 2.05) is 19.1 Å². The van der Waals surface area contributed by atoms with E-state index < -0.39 is 16.1 Å². The van der Waals surface area contributed by atoms with Crippen LogP contribution in [0.5, 0.6) is 0 Å². The Morgan fingerprint density at radius 1 is 1.29 bits per heavy atom. The number of allylic oxidation sites excluding steroid dienone is 5. The summed E-state index contributed by atoms with van der Waals surface area (Å²) in [6, 6.07) is 2.86. The van der Waals surface area contributed by atoms with Crippen molar-refractivity contribution in [2.45, 2.75) is 12.7 Å². The van der Waals surface area contributed by atoms with Crippen molar-refractivity contribution in [2.24, 2.45) is 0 Å². The average molecular weight is 477 g/mol.